The molecule has 2 aromatic rings. The van der Waals surface area contributed by atoms with Gasteiger partial charge in [0.25, 0.3) is 0 Å². The molecule has 0 atom stereocenters. The Morgan fingerprint density at radius 3 is 2.30 bits per heavy atom. The van der Waals surface area contributed by atoms with Crippen LogP contribution in [0.3, 0.4) is 0 Å². The lowest BCUT2D eigenvalue weighted by Crippen LogP contribution is -2.16. The Kier molecular flexibility index (Phi) is 5.41. The van der Waals surface area contributed by atoms with Crippen LogP contribution in [0.1, 0.15) is 11.1 Å². The second-order valence-corrected chi connectivity index (χ2v) is 4.94. The van der Waals surface area contributed by atoms with Gasteiger partial charge in [-0.1, -0.05) is 42.5 Å². The van der Waals surface area contributed by atoms with Crippen LogP contribution in [-0.2, 0) is 6.42 Å². The van der Waals surface area contributed by atoms with Crippen LogP contribution in [0.15, 0.2) is 71.7 Å². The van der Waals surface area contributed by atoms with Crippen molar-refractivity contribution < 1.29 is 5.11 Å². The predicted octanol–water partition coefficient (Wildman–Crippen LogP) is 2.89. The number of aromatic hydroxyl groups is 1. The summed E-state index contributed by atoms with van der Waals surface area (Å²) >= 11 is 0. The Bertz CT molecular complexity index is 746. The zero-order chi connectivity index (χ0) is 16.7. The molecule has 5 nitrogen and oxygen atoms in total. The molecule has 0 aliphatic carbocycles. The molecule has 0 fully saturated rings. The van der Waals surface area contributed by atoms with Gasteiger partial charge in [-0.05, 0) is 35.4 Å². The standard InChI is InChI=1S/C18H18N4O/c19-16(14-4-2-1-3-5-14)10-11-17(20)22-18(21)12-13-6-8-15(23)9-7-13/h1-11,19,23H,12H2,(H3,20,21,22)/b11-10-,19-16?. The molecular formula is C18H18N4O. The fraction of sp³-hybridized carbons (Fsp3) is 0.0556. The minimum Gasteiger partial charge on any atom is -0.508 e. The van der Waals surface area contributed by atoms with E-state index in [1.807, 2.05) is 30.3 Å². The lowest BCUT2D eigenvalue weighted by molar-refractivity contribution is 0.475. The molecule has 0 saturated heterocycles. The van der Waals surface area contributed by atoms with Gasteiger partial charge in [-0.2, -0.15) is 0 Å². The number of nitrogens with two attached hydrogens (primary N) is 1. The fourth-order valence-electron chi connectivity index (χ4n) is 1.93. The largest absolute Gasteiger partial charge is 0.508 e. The number of phenols is 1. The van der Waals surface area contributed by atoms with Crippen molar-refractivity contribution in [2.75, 3.05) is 0 Å². The molecule has 0 saturated carbocycles. The van der Waals surface area contributed by atoms with E-state index < -0.39 is 0 Å². The summed E-state index contributed by atoms with van der Waals surface area (Å²) in [5.41, 5.74) is 7.81. The molecule has 0 amide bonds. The van der Waals surface area contributed by atoms with Crippen molar-refractivity contribution >= 4 is 17.4 Å². The van der Waals surface area contributed by atoms with Gasteiger partial charge in [0.05, 0.1) is 5.71 Å². The number of amidine groups is 2. The van der Waals surface area contributed by atoms with Gasteiger partial charge in [0.2, 0.25) is 0 Å². The molecule has 0 aromatic heterocycles. The first-order chi connectivity index (χ1) is 11.0. The maximum Gasteiger partial charge on any atom is 0.146 e. The molecule has 0 radical (unpaired) electrons. The Labute approximate surface area is 134 Å². The van der Waals surface area contributed by atoms with E-state index in [4.69, 9.17) is 16.6 Å². The summed E-state index contributed by atoms with van der Waals surface area (Å²) in [5, 5.41) is 24.9. The van der Waals surface area contributed by atoms with Crippen LogP contribution in [-0.4, -0.2) is 22.5 Å². The van der Waals surface area contributed by atoms with Crippen molar-refractivity contribution in [1.82, 2.24) is 0 Å². The van der Waals surface area contributed by atoms with Gasteiger partial charge in [0.1, 0.15) is 17.4 Å². The zero-order valence-electron chi connectivity index (χ0n) is 12.5. The average Bonchev–Trinajstić information content (AvgIpc) is 2.55. The fourth-order valence-corrected chi connectivity index (χ4v) is 1.93. The Morgan fingerprint density at radius 2 is 1.65 bits per heavy atom. The molecule has 2 aromatic carbocycles. The molecule has 23 heavy (non-hydrogen) atoms. The number of hydrogen-bond acceptors (Lipinski definition) is 3. The first-order valence-electron chi connectivity index (χ1n) is 7.06. The summed E-state index contributed by atoms with van der Waals surface area (Å²) < 4.78 is 0. The number of aliphatic imine (C=N–C) groups is 1. The summed E-state index contributed by atoms with van der Waals surface area (Å²) in [5.74, 6) is 0.484. The van der Waals surface area contributed by atoms with E-state index in [0.29, 0.717) is 18.0 Å². The first kappa shape index (κ1) is 16.2. The molecule has 0 spiro atoms. The van der Waals surface area contributed by atoms with Crippen molar-refractivity contribution in [3.05, 3.63) is 77.9 Å². The zero-order valence-corrected chi connectivity index (χ0v) is 12.5. The van der Waals surface area contributed by atoms with Crippen LogP contribution in [0.2, 0.25) is 0 Å². The molecule has 5 heteroatoms. The van der Waals surface area contributed by atoms with Crippen LogP contribution in [0.4, 0.5) is 0 Å². The highest BCUT2D eigenvalue weighted by molar-refractivity contribution is 6.11. The van der Waals surface area contributed by atoms with E-state index in [1.165, 1.54) is 12.2 Å². The minimum atomic E-state index is -0.0121. The number of nitrogens with one attached hydrogen (secondary N) is 2. The van der Waals surface area contributed by atoms with Crippen LogP contribution in [0.5, 0.6) is 5.75 Å². The second kappa shape index (κ2) is 7.70. The van der Waals surface area contributed by atoms with Gasteiger partial charge >= 0.3 is 0 Å². The lowest BCUT2D eigenvalue weighted by Gasteiger charge is -2.01. The number of nitrogens with zero attached hydrogens (tertiary/aromatic N) is 1. The van der Waals surface area contributed by atoms with Gasteiger partial charge < -0.3 is 16.2 Å². The highest BCUT2D eigenvalue weighted by atomic mass is 16.3. The maximum atomic E-state index is 9.23. The molecule has 0 aliphatic heterocycles. The molecule has 0 aliphatic rings. The van der Waals surface area contributed by atoms with Crippen LogP contribution in [0, 0.1) is 10.8 Å². The van der Waals surface area contributed by atoms with Crippen molar-refractivity contribution in [3.8, 4) is 5.75 Å². The van der Waals surface area contributed by atoms with Gasteiger partial charge in [0, 0.05) is 6.42 Å². The Hall–Kier alpha value is -3.21. The van der Waals surface area contributed by atoms with Crippen molar-refractivity contribution in [2.45, 2.75) is 6.42 Å². The Balaban J connectivity index is 1.96. The third-order valence-electron chi connectivity index (χ3n) is 3.08. The quantitative estimate of drug-likeness (QED) is 0.503. The van der Waals surface area contributed by atoms with Crippen LogP contribution < -0.4 is 5.73 Å². The molecular weight excluding hydrogens is 288 g/mol. The number of phenolic OH excluding ortho intramolecular Hbond substituents is 1. The first-order valence-corrected chi connectivity index (χ1v) is 7.06. The van der Waals surface area contributed by atoms with E-state index in [2.05, 4.69) is 4.99 Å². The topological polar surface area (TPSA) is 106 Å². The molecule has 0 heterocycles. The summed E-state index contributed by atoms with van der Waals surface area (Å²) in [6.45, 7) is 0. The van der Waals surface area contributed by atoms with Crippen LogP contribution >= 0.6 is 0 Å². The van der Waals surface area contributed by atoms with E-state index in [0.717, 1.165) is 11.1 Å². The van der Waals surface area contributed by atoms with Crippen molar-refractivity contribution in [2.24, 2.45) is 10.7 Å². The third kappa shape index (κ3) is 5.24. The van der Waals surface area contributed by atoms with Gasteiger partial charge in [-0.15, -0.1) is 0 Å². The maximum absolute atomic E-state index is 9.23. The summed E-state index contributed by atoms with van der Waals surface area (Å²) in [4.78, 5) is 3.99. The number of allylic oxidation sites excluding steroid dienone is 1. The van der Waals surface area contributed by atoms with Crippen molar-refractivity contribution in [3.63, 3.8) is 0 Å². The van der Waals surface area contributed by atoms with E-state index in [1.54, 1.807) is 24.3 Å². The summed E-state index contributed by atoms with van der Waals surface area (Å²) in [7, 11) is 0. The van der Waals surface area contributed by atoms with Gasteiger partial charge in [-0.3, -0.25) is 5.41 Å². The van der Waals surface area contributed by atoms with Gasteiger partial charge in [-0.25, -0.2) is 4.99 Å². The van der Waals surface area contributed by atoms with Crippen molar-refractivity contribution in [1.29, 1.82) is 10.8 Å². The monoisotopic (exact) mass is 306 g/mol. The summed E-state index contributed by atoms with van der Waals surface area (Å²) in [6.07, 6.45) is 3.36. The van der Waals surface area contributed by atoms with E-state index >= 15 is 0 Å². The smallest absolute Gasteiger partial charge is 0.146 e. The normalized spacial score (nSPS) is 11.6. The summed E-state index contributed by atoms with van der Waals surface area (Å²) in [6, 6.07) is 15.9. The average molecular weight is 306 g/mol. The lowest BCUT2D eigenvalue weighted by atomic mass is 10.1. The van der Waals surface area contributed by atoms with Crippen LogP contribution in [0.25, 0.3) is 0 Å². The molecule has 116 valence electrons. The van der Waals surface area contributed by atoms with E-state index in [9.17, 15) is 5.11 Å². The molecule has 0 unspecified atom stereocenters. The highest BCUT2D eigenvalue weighted by Gasteiger charge is 1.99. The van der Waals surface area contributed by atoms with E-state index in [-0.39, 0.29) is 11.6 Å². The minimum absolute atomic E-state index is 0.0121. The Morgan fingerprint density at radius 1 is 1.00 bits per heavy atom. The number of hydrogen-bond donors (Lipinski definition) is 4. The second-order valence-electron chi connectivity index (χ2n) is 4.94. The molecule has 2 rings (SSSR count). The predicted molar refractivity (Wildman–Crippen MR) is 93.6 cm³/mol. The third-order valence-corrected chi connectivity index (χ3v) is 3.08. The molecule has 0 bridgehead atoms. The number of rotatable bonds is 5. The van der Waals surface area contributed by atoms with Gasteiger partial charge in [0.15, 0.2) is 0 Å². The molecule has 5 N–H and O–H groups in total. The highest BCUT2D eigenvalue weighted by Crippen LogP contribution is 2.10. The number of benzene rings is 2. The SMILES string of the molecule is N=C(/C=C\C(=N)c1ccccc1)N=C(N)Cc1ccc(O)cc1.